The van der Waals surface area contributed by atoms with Gasteiger partial charge < -0.3 is 20.3 Å². The molecule has 0 unspecified atom stereocenters. The predicted octanol–water partition coefficient (Wildman–Crippen LogP) is 2.75. The molecule has 164 valence electrons. The van der Waals surface area contributed by atoms with Gasteiger partial charge in [-0.3, -0.25) is 14.4 Å². The van der Waals surface area contributed by atoms with E-state index in [0.717, 1.165) is 11.1 Å². The molecule has 3 rings (SSSR count). The monoisotopic (exact) mass is 423 g/mol. The van der Waals surface area contributed by atoms with E-state index < -0.39 is 5.92 Å². The number of likely N-dealkylation sites (tertiary alicyclic amines) is 1. The van der Waals surface area contributed by atoms with E-state index in [0.29, 0.717) is 30.9 Å². The summed E-state index contributed by atoms with van der Waals surface area (Å²) in [5.41, 5.74) is 2.97. The summed E-state index contributed by atoms with van der Waals surface area (Å²) >= 11 is 0. The van der Waals surface area contributed by atoms with Crippen LogP contribution in [-0.4, -0.2) is 48.9 Å². The topological polar surface area (TPSA) is 87.7 Å². The highest BCUT2D eigenvalue weighted by atomic mass is 16.5. The maximum Gasteiger partial charge on any atom is 0.253 e. The lowest BCUT2D eigenvalue weighted by atomic mass is 10.1. The Balaban J connectivity index is 1.63. The molecule has 1 aliphatic rings. The zero-order valence-electron chi connectivity index (χ0n) is 18.2. The quantitative estimate of drug-likeness (QED) is 0.683. The number of carbonyl (C=O) groups excluding carboxylic acids is 3. The van der Waals surface area contributed by atoms with Gasteiger partial charge in [0.2, 0.25) is 11.8 Å². The highest BCUT2D eigenvalue weighted by Crippen LogP contribution is 2.23. The van der Waals surface area contributed by atoms with Crippen molar-refractivity contribution in [1.29, 1.82) is 0 Å². The molecule has 3 amide bonds. The first-order valence-electron chi connectivity index (χ1n) is 10.4. The van der Waals surface area contributed by atoms with Crippen molar-refractivity contribution in [2.45, 2.75) is 32.9 Å². The number of amides is 3. The van der Waals surface area contributed by atoms with Gasteiger partial charge in [-0.2, -0.15) is 0 Å². The third-order valence-corrected chi connectivity index (χ3v) is 5.47. The van der Waals surface area contributed by atoms with Gasteiger partial charge in [-0.05, 0) is 31.5 Å². The molecule has 0 aromatic heterocycles. The molecule has 2 aromatic rings. The Morgan fingerprint density at radius 1 is 1.16 bits per heavy atom. The van der Waals surface area contributed by atoms with Crippen molar-refractivity contribution < 1.29 is 19.1 Å². The summed E-state index contributed by atoms with van der Waals surface area (Å²) < 4.78 is 5.12. The van der Waals surface area contributed by atoms with Crippen LogP contribution < -0.4 is 10.6 Å². The molecule has 0 spiro atoms. The number of para-hydroxylation sites is 1. The van der Waals surface area contributed by atoms with Crippen LogP contribution in [0.3, 0.4) is 0 Å². The number of nitrogens with zero attached hydrogens (tertiary/aromatic N) is 1. The number of aryl methyl sites for hydroxylation is 1. The number of carbonyl (C=O) groups is 3. The zero-order valence-corrected chi connectivity index (χ0v) is 18.2. The molecule has 0 aliphatic carbocycles. The van der Waals surface area contributed by atoms with Crippen molar-refractivity contribution in [3.8, 4) is 0 Å². The molecule has 7 nitrogen and oxygen atoms in total. The second-order valence-electron chi connectivity index (χ2n) is 7.95. The Morgan fingerprint density at radius 3 is 2.58 bits per heavy atom. The van der Waals surface area contributed by atoms with Crippen molar-refractivity contribution in [1.82, 2.24) is 10.2 Å². The lowest BCUT2D eigenvalue weighted by molar-refractivity contribution is -0.130. The van der Waals surface area contributed by atoms with Crippen LogP contribution >= 0.6 is 0 Å². The number of rotatable bonds is 8. The Hall–Kier alpha value is -3.19. The molecular formula is C24H29N3O4. The fourth-order valence-electron chi connectivity index (χ4n) is 3.67. The SMILES string of the molecule is COC[C@@H](C)N1C[C@H](C(=O)Nc2ccccc2C(=O)NCc2ccc(C)cc2)CC1=O. The third-order valence-electron chi connectivity index (χ3n) is 5.47. The molecule has 1 heterocycles. The summed E-state index contributed by atoms with van der Waals surface area (Å²) in [6.07, 6.45) is 0.154. The van der Waals surface area contributed by atoms with Crippen LogP contribution in [0.2, 0.25) is 0 Å². The van der Waals surface area contributed by atoms with Crippen molar-refractivity contribution in [3.63, 3.8) is 0 Å². The van der Waals surface area contributed by atoms with E-state index in [-0.39, 0.29) is 30.2 Å². The summed E-state index contributed by atoms with van der Waals surface area (Å²) in [7, 11) is 1.59. The molecule has 31 heavy (non-hydrogen) atoms. The standard InChI is InChI=1S/C24H29N3O4/c1-16-8-10-18(11-9-16)13-25-24(30)20-6-4-5-7-21(20)26-23(29)19-12-22(28)27(14-19)17(2)15-31-3/h4-11,17,19H,12-15H2,1-3H3,(H,25,30)(H,26,29)/t17-,19-/m1/s1. The van der Waals surface area contributed by atoms with Gasteiger partial charge in [0.1, 0.15) is 0 Å². The fourth-order valence-corrected chi connectivity index (χ4v) is 3.67. The van der Waals surface area contributed by atoms with Gasteiger partial charge in [0, 0.05) is 26.6 Å². The van der Waals surface area contributed by atoms with Gasteiger partial charge in [-0.1, -0.05) is 42.0 Å². The van der Waals surface area contributed by atoms with Crippen LogP contribution in [0, 0.1) is 12.8 Å². The molecule has 1 aliphatic heterocycles. The summed E-state index contributed by atoms with van der Waals surface area (Å²) in [4.78, 5) is 39.5. The second kappa shape index (κ2) is 10.2. The highest BCUT2D eigenvalue weighted by molar-refractivity contribution is 6.05. The van der Waals surface area contributed by atoms with Crippen molar-refractivity contribution in [2.75, 3.05) is 25.6 Å². The smallest absolute Gasteiger partial charge is 0.253 e. The highest BCUT2D eigenvalue weighted by Gasteiger charge is 2.36. The molecule has 0 bridgehead atoms. The molecule has 7 heteroatoms. The molecule has 2 N–H and O–H groups in total. The van der Waals surface area contributed by atoms with Gasteiger partial charge >= 0.3 is 0 Å². The number of hydrogen-bond donors (Lipinski definition) is 2. The van der Waals surface area contributed by atoms with Crippen LogP contribution in [0.15, 0.2) is 48.5 Å². The van der Waals surface area contributed by atoms with Gasteiger partial charge in [0.15, 0.2) is 0 Å². The lowest BCUT2D eigenvalue weighted by Gasteiger charge is -2.24. The minimum atomic E-state index is -0.463. The summed E-state index contributed by atoms with van der Waals surface area (Å²) in [5.74, 6) is -1.06. The number of nitrogens with one attached hydrogen (secondary N) is 2. The molecule has 1 fully saturated rings. The Kier molecular flexibility index (Phi) is 7.41. The van der Waals surface area contributed by atoms with E-state index in [9.17, 15) is 14.4 Å². The summed E-state index contributed by atoms with van der Waals surface area (Å²) in [6, 6.07) is 14.7. The molecule has 0 radical (unpaired) electrons. The average molecular weight is 424 g/mol. The van der Waals surface area contributed by atoms with Crippen LogP contribution in [0.1, 0.15) is 34.8 Å². The Labute approximate surface area is 182 Å². The van der Waals surface area contributed by atoms with Gasteiger partial charge in [-0.15, -0.1) is 0 Å². The van der Waals surface area contributed by atoms with Crippen molar-refractivity contribution in [2.24, 2.45) is 5.92 Å². The minimum absolute atomic E-state index is 0.0613. The molecular weight excluding hydrogens is 394 g/mol. The largest absolute Gasteiger partial charge is 0.383 e. The third kappa shape index (κ3) is 5.70. The van der Waals surface area contributed by atoms with Crippen LogP contribution in [-0.2, 0) is 20.9 Å². The number of anilines is 1. The average Bonchev–Trinajstić information content (AvgIpc) is 3.15. The minimum Gasteiger partial charge on any atom is -0.383 e. The molecule has 0 saturated carbocycles. The van der Waals surface area contributed by atoms with Gasteiger partial charge in [0.05, 0.1) is 29.8 Å². The summed E-state index contributed by atoms with van der Waals surface area (Å²) in [5, 5.41) is 5.74. The number of ether oxygens (including phenoxy) is 1. The van der Waals surface area contributed by atoms with E-state index in [1.54, 1.807) is 36.3 Å². The van der Waals surface area contributed by atoms with E-state index >= 15 is 0 Å². The lowest BCUT2D eigenvalue weighted by Crippen LogP contribution is -2.38. The first kappa shape index (κ1) is 22.5. The van der Waals surface area contributed by atoms with Crippen molar-refractivity contribution >= 4 is 23.4 Å². The predicted molar refractivity (Wildman–Crippen MR) is 119 cm³/mol. The fraction of sp³-hybridized carbons (Fsp3) is 0.375. The van der Waals surface area contributed by atoms with E-state index in [1.165, 1.54) is 0 Å². The van der Waals surface area contributed by atoms with Gasteiger partial charge in [-0.25, -0.2) is 0 Å². The van der Waals surface area contributed by atoms with E-state index in [1.807, 2.05) is 38.1 Å². The first-order valence-corrected chi connectivity index (χ1v) is 10.4. The maximum atomic E-state index is 12.8. The van der Waals surface area contributed by atoms with E-state index in [4.69, 9.17) is 4.74 Å². The summed E-state index contributed by atoms with van der Waals surface area (Å²) in [6.45, 7) is 5.07. The van der Waals surface area contributed by atoms with Crippen LogP contribution in [0.4, 0.5) is 5.69 Å². The molecule has 2 atom stereocenters. The zero-order chi connectivity index (χ0) is 22.4. The maximum absolute atomic E-state index is 12.8. The number of methoxy groups -OCH3 is 1. The van der Waals surface area contributed by atoms with E-state index in [2.05, 4.69) is 10.6 Å². The van der Waals surface area contributed by atoms with Crippen LogP contribution in [0.5, 0.6) is 0 Å². The Morgan fingerprint density at radius 2 is 1.87 bits per heavy atom. The van der Waals surface area contributed by atoms with Crippen LogP contribution in [0.25, 0.3) is 0 Å². The van der Waals surface area contributed by atoms with Crippen molar-refractivity contribution in [3.05, 3.63) is 65.2 Å². The second-order valence-corrected chi connectivity index (χ2v) is 7.95. The number of benzene rings is 2. The Bertz CT molecular complexity index is 942. The van der Waals surface area contributed by atoms with Gasteiger partial charge in [0.25, 0.3) is 5.91 Å². The number of hydrogen-bond acceptors (Lipinski definition) is 4. The molecule has 2 aromatic carbocycles. The molecule has 1 saturated heterocycles. The normalized spacial score (nSPS) is 16.8. The first-order chi connectivity index (χ1) is 14.9.